The summed E-state index contributed by atoms with van der Waals surface area (Å²) in [6, 6.07) is 7.20. The summed E-state index contributed by atoms with van der Waals surface area (Å²) in [7, 11) is 0. The summed E-state index contributed by atoms with van der Waals surface area (Å²) in [6.07, 6.45) is 3.22. The second-order valence-electron chi connectivity index (χ2n) is 5.16. The van der Waals surface area contributed by atoms with Crippen LogP contribution in [0.5, 0.6) is 5.75 Å². The predicted octanol–water partition coefficient (Wildman–Crippen LogP) is 0.944. The Labute approximate surface area is 119 Å². The van der Waals surface area contributed by atoms with Gasteiger partial charge in [0.1, 0.15) is 5.75 Å². The fourth-order valence-corrected chi connectivity index (χ4v) is 2.40. The molecule has 1 aliphatic carbocycles. The number of benzene rings is 1. The van der Waals surface area contributed by atoms with Crippen molar-refractivity contribution in [2.45, 2.75) is 44.4 Å². The number of nitrogens with one attached hydrogen (secondary N) is 1. The van der Waals surface area contributed by atoms with E-state index < -0.39 is 6.10 Å². The zero-order valence-corrected chi connectivity index (χ0v) is 11.5. The Morgan fingerprint density at radius 3 is 2.65 bits per heavy atom. The van der Waals surface area contributed by atoms with E-state index in [4.69, 9.17) is 10.5 Å². The van der Waals surface area contributed by atoms with Gasteiger partial charge in [0.25, 0.3) is 5.91 Å². The van der Waals surface area contributed by atoms with Gasteiger partial charge < -0.3 is 20.9 Å². The van der Waals surface area contributed by atoms with Crippen LogP contribution in [0.2, 0.25) is 0 Å². The van der Waals surface area contributed by atoms with E-state index in [0.29, 0.717) is 12.3 Å². The topological polar surface area (TPSA) is 84.6 Å². The lowest BCUT2D eigenvalue weighted by Crippen LogP contribution is -2.46. The highest BCUT2D eigenvalue weighted by Gasteiger charge is 2.24. The average Bonchev–Trinajstić information content (AvgIpc) is 2.48. The number of carbonyl (C=O) groups is 1. The van der Waals surface area contributed by atoms with E-state index in [0.717, 1.165) is 31.2 Å². The second kappa shape index (κ2) is 7.26. The maximum absolute atomic E-state index is 11.8. The number of rotatable bonds is 5. The van der Waals surface area contributed by atoms with Crippen molar-refractivity contribution < 1.29 is 14.6 Å². The Balaban J connectivity index is 1.76. The summed E-state index contributed by atoms with van der Waals surface area (Å²) in [5.41, 5.74) is 6.53. The third-order valence-corrected chi connectivity index (χ3v) is 3.60. The van der Waals surface area contributed by atoms with Crippen molar-refractivity contribution in [2.75, 3.05) is 6.61 Å². The maximum Gasteiger partial charge on any atom is 0.258 e. The monoisotopic (exact) mass is 278 g/mol. The summed E-state index contributed by atoms with van der Waals surface area (Å²) >= 11 is 0. The Morgan fingerprint density at radius 2 is 2.00 bits per heavy atom. The first-order valence-electron chi connectivity index (χ1n) is 7.08. The summed E-state index contributed by atoms with van der Waals surface area (Å²) < 4.78 is 5.41. The minimum Gasteiger partial charge on any atom is -0.484 e. The molecule has 4 N–H and O–H groups in total. The molecule has 1 amide bonds. The molecule has 1 aromatic carbocycles. The van der Waals surface area contributed by atoms with Gasteiger partial charge in [0.15, 0.2) is 6.61 Å². The van der Waals surface area contributed by atoms with Crippen molar-refractivity contribution in [2.24, 2.45) is 5.73 Å². The van der Waals surface area contributed by atoms with Crippen LogP contribution in [-0.4, -0.2) is 29.8 Å². The van der Waals surface area contributed by atoms with Crippen molar-refractivity contribution in [3.63, 3.8) is 0 Å². The normalized spacial score (nSPS) is 22.3. The van der Waals surface area contributed by atoms with E-state index >= 15 is 0 Å². The number of carbonyl (C=O) groups excluding carboxylic acids is 1. The van der Waals surface area contributed by atoms with Crippen LogP contribution in [0, 0.1) is 0 Å². The number of hydrogen-bond donors (Lipinski definition) is 3. The molecule has 0 bridgehead atoms. The minimum atomic E-state index is -0.434. The Kier molecular flexibility index (Phi) is 5.38. The number of hydrogen-bond acceptors (Lipinski definition) is 4. The van der Waals surface area contributed by atoms with E-state index in [1.165, 1.54) is 0 Å². The molecule has 5 nitrogen and oxygen atoms in total. The summed E-state index contributed by atoms with van der Waals surface area (Å²) in [5, 5.41) is 12.6. The molecule has 1 aromatic rings. The molecular weight excluding hydrogens is 256 g/mol. The molecule has 1 fully saturated rings. The van der Waals surface area contributed by atoms with Crippen LogP contribution < -0.4 is 15.8 Å². The molecule has 0 unspecified atom stereocenters. The summed E-state index contributed by atoms with van der Waals surface area (Å²) in [4.78, 5) is 11.8. The van der Waals surface area contributed by atoms with E-state index in [1.807, 2.05) is 12.1 Å². The molecule has 1 saturated carbocycles. The number of aliphatic hydroxyl groups is 1. The molecule has 0 saturated heterocycles. The molecule has 0 heterocycles. The molecule has 1 aliphatic rings. The lowest BCUT2D eigenvalue weighted by atomic mass is 9.92. The van der Waals surface area contributed by atoms with Crippen LogP contribution in [0.15, 0.2) is 24.3 Å². The highest BCUT2D eigenvalue weighted by atomic mass is 16.5. The SMILES string of the molecule is NCc1ccc(OCC(=O)N[C@@H]2CCCC[C@H]2O)cc1. The fraction of sp³-hybridized carbons (Fsp3) is 0.533. The largest absolute Gasteiger partial charge is 0.484 e. The quantitative estimate of drug-likeness (QED) is 0.748. The molecule has 5 heteroatoms. The maximum atomic E-state index is 11.8. The van der Waals surface area contributed by atoms with Crippen molar-refractivity contribution >= 4 is 5.91 Å². The zero-order chi connectivity index (χ0) is 14.4. The van der Waals surface area contributed by atoms with E-state index in [2.05, 4.69) is 5.32 Å². The van der Waals surface area contributed by atoms with Crippen molar-refractivity contribution in [1.82, 2.24) is 5.32 Å². The van der Waals surface area contributed by atoms with Gasteiger partial charge in [-0.25, -0.2) is 0 Å². The van der Waals surface area contributed by atoms with E-state index in [-0.39, 0.29) is 18.6 Å². The van der Waals surface area contributed by atoms with Gasteiger partial charge in [0, 0.05) is 6.54 Å². The second-order valence-corrected chi connectivity index (χ2v) is 5.16. The molecular formula is C15H22N2O3. The van der Waals surface area contributed by atoms with Gasteiger partial charge in [-0.1, -0.05) is 25.0 Å². The molecule has 2 atom stereocenters. The van der Waals surface area contributed by atoms with Gasteiger partial charge in [0.2, 0.25) is 0 Å². The minimum absolute atomic E-state index is 0.0365. The first-order valence-corrected chi connectivity index (χ1v) is 7.08. The van der Waals surface area contributed by atoms with Crippen LogP contribution in [-0.2, 0) is 11.3 Å². The van der Waals surface area contributed by atoms with Crippen molar-refractivity contribution in [3.8, 4) is 5.75 Å². The molecule has 110 valence electrons. The standard InChI is InChI=1S/C15H22N2O3/c16-9-11-5-7-12(8-6-11)20-10-15(19)17-13-3-1-2-4-14(13)18/h5-8,13-14,18H,1-4,9-10,16H2,(H,17,19)/t13-,14-/m1/s1. The van der Waals surface area contributed by atoms with Crippen molar-refractivity contribution in [3.05, 3.63) is 29.8 Å². The lowest BCUT2D eigenvalue weighted by molar-refractivity contribution is -0.125. The molecule has 0 aromatic heterocycles. The van der Waals surface area contributed by atoms with Crippen molar-refractivity contribution in [1.29, 1.82) is 0 Å². The van der Waals surface area contributed by atoms with Gasteiger partial charge in [0.05, 0.1) is 12.1 Å². The highest BCUT2D eigenvalue weighted by molar-refractivity contribution is 5.77. The molecule has 0 aliphatic heterocycles. The molecule has 20 heavy (non-hydrogen) atoms. The van der Waals surface area contributed by atoms with Crippen LogP contribution in [0.4, 0.5) is 0 Å². The third-order valence-electron chi connectivity index (χ3n) is 3.60. The van der Waals surface area contributed by atoms with Gasteiger partial charge in [-0.15, -0.1) is 0 Å². The predicted molar refractivity (Wildman–Crippen MR) is 76.2 cm³/mol. The number of aliphatic hydroxyl groups excluding tert-OH is 1. The summed E-state index contributed by atoms with van der Waals surface area (Å²) in [6.45, 7) is 0.450. The Morgan fingerprint density at radius 1 is 1.30 bits per heavy atom. The van der Waals surface area contributed by atoms with Gasteiger partial charge in [-0.3, -0.25) is 4.79 Å². The van der Waals surface area contributed by atoms with Crippen LogP contribution >= 0.6 is 0 Å². The van der Waals surface area contributed by atoms with Crippen LogP contribution in [0.1, 0.15) is 31.2 Å². The molecule has 0 radical (unpaired) electrons. The number of nitrogens with two attached hydrogens (primary N) is 1. The molecule has 2 rings (SSSR count). The zero-order valence-electron chi connectivity index (χ0n) is 11.5. The Bertz CT molecular complexity index is 433. The van der Waals surface area contributed by atoms with E-state index in [1.54, 1.807) is 12.1 Å². The summed E-state index contributed by atoms with van der Waals surface area (Å²) in [5.74, 6) is 0.445. The smallest absolute Gasteiger partial charge is 0.258 e. The molecule has 0 spiro atoms. The third kappa shape index (κ3) is 4.21. The first-order chi connectivity index (χ1) is 9.69. The lowest BCUT2D eigenvalue weighted by Gasteiger charge is -2.28. The van der Waals surface area contributed by atoms with Gasteiger partial charge in [-0.05, 0) is 30.5 Å². The number of amides is 1. The van der Waals surface area contributed by atoms with Gasteiger partial charge >= 0.3 is 0 Å². The van der Waals surface area contributed by atoms with Gasteiger partial charge in [-0.2, -0.15) is 0 Å². The van der Waals surface area contributed by atoms with Crippen LogP contribution in [0.3, 0.4) is 0 Å². The first kappa shape index (κ1) is 14.8. The van der Waals surface area contributed by atoms with Crippen LogP contribution in [0.25, 0.3) is 0 Å². The number of ether oxygens (including phenoxy) is 1. The average molecular weight is 278 g/mol. The Hall–Kier alpha value is -1.59. The highest BCUT2D eigenvalue weighted by Crippen LogP contribution is 2.18. The fourth-order valence-electron chi connectivity index (χ4n) is 2.40. The van der Waals surface area contributed by atoms with E-state index in [9.17, 15) is 9.90 Å².